The smallest absolute Gasteiger partial charge is 0.276 e. The molecule has 3 amide bonds. The third-order valence-electron chi connectivity index (χ3n) is 7.94. The largest absolute Gasteiger partial charge is 0.493 e. The number of piperidine rings is 1. The average Bonchev–Trinajstić information content (AvgIpc) is 3.48. The summed E-state index contributed by atoms with van der Waals surface area (Å²) < 4.78 is 28.4. The van der Waals surface area contributed by atoms with Crippen LogP contribution in [0.4, 0.5) is 0 Å². The van der Waals surface area contributed by atoms with Gasteiger partial charge in [0.2, 0.25) is 11.8 Å². The van der Waals surface area contributed by atoms with Gasteiger partial charge in [-0.3, -0.25) is 14.4 Å². The lowest BCUT2D eigenvalue weighted by Gasteiger charge is -2.38. The molecular formula is C33H40N4O8. The Bertz CT molecular complexity index is 1490. The van der Waals surface area contributed by atoms with E-state index in [4.69, 9.17) is 23.5 Å². The molecule has 3 aliphatic heterocycles. The van der Waals surface area contributed by atoms with E-state index in [2.05, 4.69) is 10.5 Å². The fraction of sp³-hybridized carbons (Fsp3) is 0.455. The van der Waals surface area contributed by atoms with E-state index in [9.17, 15) is 14.4 Å². The number of benzene rings is 2. The quantitative estimate of drug-likeness (QED) is 0.411. The number of ether oxygens (including phenoxy) is 4. The number of fused-ring (bicyclic) bond motifs is 9. The van der Waals surface area contributed by atoms with Crippen molar-refractivity contribution in [3.63, 3.8) is 0 Å². The number of nitrogens with one attached hydrogen (secondary N) is 1. The van der Waals surface area contributed by atoms with Crippen molar-refractivity contribution in [2.75, 3.05) is 47.0 Å². The maximum absolute atomic E-state index is 13.5. The van der Waals surface area contributed by atoms with Crippen LogP contribution in [0.25, 0.3) is 0 Å². The Morgan fingerprint density at radius 2 is 1.96 bits per heavy atom. The van der Waals surface area contributed by atoms with Gasteiger partial charge in [-0.15, -0.1) is 0 Å². The maximum atomic E-state index is 13.5. The number of aryl methyl sites for hydroxylation is 2. The van der Waals surface area contributed by atoms with Crippen LogP contribution in [0.3, 0.4) is 0 Å². The first-order valence-electron chi connectivity index (χ1n) is 15.2. The number of likely N-dealkylation sites (tertiary alicyclic amines) is 1. The minimum absolute atomic E-state index is 0.125. The minimum atomic E-state index is -0.514. The van der Waals surface area contributed by atoms with Crippen molar-refractivity contribution in [1.82, 2.24) is 20.3 Å². The number of methoxy groups -OCH3 is 2. The van der Waals surface area contributed by atoms with E-state index in [1.54, 1.807) is 37.0 Å². The molecule has 4 heterocycles. The summed E-state index contributed by atoms with van der Waals surface area (Å²) in [6.07, 6.45) is 1.37. The maximum Gasteiger partial charge on any atom is 0.276 e. The highest BCUT2D eigenvalue weighted by Crippen LogP contribution is 2.33. The van der Waals surface area contributed by atoms with Crippen LogP contribution in [0.2, 0.25) is 0 Å². The molecule has 45 heavy (non-hydrogen) atoms. The summed E-state index contributed by atoms with van der Waals surface area (Å²) in [6, 6.07) is 14.3. The Morgan fingerprint density at radius 3 is 2.73 bits per heavy atom. The molecule has 3 aromatic rings. The number of carbonyl (C=O) groups excluding carboxylic acids is 3. The molecule has 240 valence electrons. The number of aromatic nitrogens is 1. The second-order valence-electron chi connectivity index (χ2n) is 11.3. The zero-order valence-electron chi connectivity index (χ0n) is 26.0. The van der Waals surface area contributed by atoms with E-state index in [-0.39, 0.29) is 55.6 Å². The van der Waals surface area contributed by atoms with Crippen LogP contribution in [-0.2, 0) is 32.1 Å². The molecule has 1 N–H and O–H groups in total. The van der Waals surface area contributed by atoms with Crippen LogP contribution < -0.4 is 14.8 Å². The fourth-order valence-corrected chi connectivity index (χ4v) is 5.59. The van der Waals surface area contributed by atoms with Crippen LogP contribution in [0, 0.1) is 6.92 Å². The highest BCUT2D eigenvalue weighted by Gasteiger charge is 2.35. The van der Waals surface area contributed by atoms with Crippen molar-refractivity contribution in [3.05, 3.63) is 71.1 Å². The predicted octanol–water partition coefficient (Wildman–Crippen LogP) is 3.51. The summed E-state index contributed by atoms with van der Waals surface area (Å²) >= 11 is 0. The molecular weight excluding hydrogens is 580 g/mol. The van der Waals surface area contributed by atoms with Gasteiger partial charge >= 0.3 is 0 Å². The molecule has 6 rings (SSSR count). The SMILES string of the molecule is COCCCN1CC(=O)N[C@H]2CN(C(=O)c3cc(C)on3)CC[C@H]2OCc2cccc(c2)Oc2ccc(cc2OC)CCC1=O. The second kappa shape index (κ2) is 15.0. The summed E-state index contributed by atoms with van der Waals surface area (Å²) in [6.45, 7) is 3.33. The van der Waals surface area contributed by atoms with Crippen LogP contribution in [0.1, 0.15) is 46.6 Å². The molecule has 2 atom stereocenters. The molecule has 4 bridgehead atoms. The van der Waals surface area contributed by atoms with Gasteiger partial charge < -0.3 is 38.6 Å². The van der Waals surface area contributed by atoms with Gasteiger partial charge in [0.15, 0.2) is 17.2 Å². The number of hydrogen-bond acceptors (Lipinski definition) is 9. The minimum Gasteiger partial charge on any atom is -0.493 e. The summed E-state index contributed by atoms with van der Waals surface area (Å²) in [5.74, 6) is 1.51. The molecule has 0 unspecified atom stereocenters. The number of nitrogens with zero attached hydrogens (tertiary/aromatic N) is 3. The third-order valence-corrected chi connectivity index (χ3v) is 7.94. The molecule has 1 fully saturated rings. The van der Waals surface area contributed by atoms with Crippen molar-refractivity contribution in [1.29, 1.82) is 0 Å². The molecule has 0 saturated carbocycles. The summed E-state index contributed by atoms with van der Waals surface area (Å²) in [5, 5.41) is 6.94. The Balaban J connectivity index is 1.41. The van der Waals surface area contributed by atoms with Gasteiger partial charge in [-0.1, -0.05) is 23.4 Å². The first-order valence-corrected chi connectivity index (χ1v) is 15.2. The number of rotatable bonds is 6. The van der Waals surface area contributed by atoms with Crippen molar-refractivity contribution >= 4 is 17.7 Å². The molecule has 0 spiro atoms. The first kappa shape index (κ1) is 32.0. The Morgan fingerprint density at radius 1 is 1.09 bits per heavy atom. The van der Waals surface area contributed by atoms with Crippen LogP contribution in [0.5, 0.6) is 17.2 Å². The van der Waals surface area contributed by atoms with Gasteiger partial charge in [-0.2, -0.15) is 0 Å². The van der Waals surface area contributed by atoms with Crippen molar-refractivity contribution < 1.29 is 37.9 Å². The van der Waals surface area contributed by atoms with Gasteiger partial charge in [0.05, 0.1) is 32.4 Å². The number of amides is 3. The zero-order chi connectivity index (χ0) is 31.8. The van der Waals surface area contributed by atoms with Crippen molar-refractivity contribution in [3.8, 4) is 17.2 Å². The van der Waals surface area contributed by atoms with Crippen LogP contribution in [-0.4, -0.2) is 91.8 Å². The van der Waals surface area contributed by atoms with E-state index in [1.807, 2.05) is 42.5 Å². The van der Waals surface area contributed by atoms with Gasteiger partial charge in [0, 0.05) is 45.8 Å². The standard InChI is InChI=1S/C33H40N4O8/c1-22-16-26(35-45-22)33(40)37-14-12-28-27(19-37)34-31(38)20-36(13-5-15-41-2)32(39)11-9-23-8-10-29(30(18-23)42-3)44-25-7-4-6-24(17-25)21-43-28/h4,6-8,10,16-18,27-28H,5,9,11-15,19-21H2,1-3H3,(H,34,38)/t27-,28+/m0/s1. The monoisotopic (exact) mass is 620 g/mol. The van der Waals surface area contributed by atoms with Crippen molar-refractivity contribution in [2.45, 2.75) is 51.4 Å². The lowest BCUT2D eigenvalue weighted by molar-refractivity contribution is -0.137. The normalized spacial score (nSPS) is 19.5. The van der Waals surface area contributed by atoms with Crippen LogP contribution >= 0.6 is 0 Å². The van der Waals surface area contributed by atoms with E-state index < -0.39 is 6.04 Å². The highest BCUT2D eigenvalue weighted by molar-refractivity contribution is 5.92. The highest BCUT2D eigenvalue weighted by atomic mass is 16.5. The van der Waals surface area contributed by atoms with Crippen LogP contribution in [0.15, 0.2) is 53.1 Å². The van der Waals surface area contributed by atoms with Gasteiger partial charge in [0.1, 0.15) is 11.5 Å². The molecule has 0 aliphatic carbocycles. The van der Waals surface area contributed by atoms with E-state index >= 15 is 0 Å². The molecule has 1 aromatic heterocycles. The van der Waals surface area contributed by atoms with Gasteiger partial charge in [0.25, 0.3) is 5.91 Å². The number of carbonyl (C=O) groups is 3. The predicted molar refractivity (Wildman–Crippen MR) is 163 cm³/mol. The van der Waals surface area contributed by atoms with Gasteiger partial charge in [-0.05, 0) is 61.6 Å². The fourth-order valence-electron chi connectivity index (χ4n) is 5.59. The van der Waals surface area contributed by atoms with Crippen molar-refractivity contribution in [2.24, 2.45) is 0 Å². The lowest BCUT2D eigenvalue weighted by atomic mass is 10.0. The zero-order valence-corrected chi connectivity index (χ0v) is 26.0. The Kier molecular flexibility index (Phi) is 10.7. The molecule has 12 nitrogen and oxygen atoms in total. The molecule has 12 heteroatoms. The molecule has 2 aromatic carbocycles. The summed E-state index contributed by atoms with van der Waals surface area (Å²) in [5.41, 5.74) is 2.01. The van der Waals surface area contributed by atoms with Gasteiger partial charge in [-0.25, -0.2) is 0 Å². The van der Waals surface area contributed by atoms with E-state index in [0.717, 1.165) is 11.1 Å². The average molecular weight is 621 g/mol. The topological polar surface area (TPSA) is 133 Å². The molecule has 3 aliphatic rings. The number of hydrogen-bond donors (Lipinski definition) is 1. The van der Waals surface area contributed by atoms with E-state index in [0.29, 0.717) is 62.0 Å². The first-order chi connectivity index (χ1) is 21.8. The summed E-state index contributed by atoms with van der Waals surface area (Å²) in [7, 11) is 3.18. The third kappa shape index (κ3) is 8.40. The van der Waals surface area contributed by atoms with E-state index in [1.165, 1.54) is 0 Å². The second-order valence-corrected chi connectivity index (χ2v) is 11.3. The molecule has 0 radical (unpaired) electrons. The lowest BCUT2D eigenvalue weighted by Crippen LogP contribution is -2.58. The Labute approximate surface area is 262 Å². The Hall–Kier alpha value is -4.42. The summed E-state index contributed by atoms with van der Waals surface area (Å²) in [4.78, 5) is 43.3. The molecule has 1 saturated heterocycles.